The standard InChI is InChI=1S/C35H52O/c1-25(2)10-9-11-26(3)30-16-17-31-29-15-14-28-24-35(36,21-18-27-12-7-6-8-13-27)23-22-33(28,4)32(29)19-20-34(30,31)5/h6-8,12-13,25-26,28-32,36H,9-11,14-17,19-20,22-24H2,1-5H3/t26-,28-,29+,30-,31+,32+,33+,34-,35-/m1/s1. The highest BCUT2D eigenvalue weighted by Gasteiger charge is 2.61. The second-order valence-electron chi connectivity index (χ2n) is 14.5. The molecule has 0 heterocycles. The van der Waals surface area contributed by atoms with Crippen LogP contribution < -0.4 is 0 Å². The first-order valence-electron chi connectivity index (χ1n) is 15.5. The van der Waals surface area contributed by atoms with E-state index in [1.165, 1.54) is 57.8 Å². The van der Waals surface area contributed by atoms with E-state index in [4.69, 9.17) is 0 Å². The fourth-order valence-corrected chi connectivity index (χ4v) is 10.1. The first-order chi connectivity index (χ1) is 17.1. The fraction of sp³-hybridized carbons (Fsp3) is 0.771. The summed E-state index contributed by atoms with van der Waals surface area (Å²) < 4.78 is 0. The van der Waals surface area contributed by atoms with Crippen LogP contribution in [0.3, 0.4) is 0 Å². The van der Waals surface area contributed by atoms with Crippen molar-refractivity contribution in [2.75, 3.05) is 0 Å². The molecule has 4 saturated carbocycles. The molecule has 1 heteroatoms. The van der Waals surface area contributed by atoms with E-state index in [0.717, 1.165) is 60.3 Å². The Morgan fingerprint density at radius 1 is 0.861 bits per heavy atom. The summed E-state index contributed by atoms with van der Waals surface area (Å²) in [6.07, 6.45) is 15.6. The summed E-state index contributed by atoms with van der Waals surface area (Å²) in [6.45, 7) is 12.6. The molecule has 4 aliphatic carbocycles. The molecule has 1 aromatic carbocycles. The van der Waals surface area contributed by atoms with E-state index in [2.05, 4.69) is 46.5 Å². The van der Waals surface area contributed by atoms with Crippen molar-refractivity contribution >= 4 is 0 Å². The summed E-state index contributed by atoms with van der Waals surface area (Å²) in [5.41, 5.74) is 1.17. The maximum Gasteiger partial charge on any atom is 0.126 e. The third-order valence-corrected chi connectivity index (χ3v) is 12.1. The molecule has 0 saturated heterocycles. The summed E-state index contributed by atoms with van der Waals surface area (Å²) in [6, 6.07) is 10.2. The lowest BCUT2D eigenvalue weighted by molar-refractivity contribution is -0.140. The van der Waals surface area contributed by atoms with Crippen molar-refractivity contribution in [2.24, 2.45) is 52.3 Å². The molecule has 4 fully saturated rings. The third-order valence-electron chi connectivity index (χ3n) is 12.1. The Hall–Kier alpha value is -1.26. The summed E-state index contributed by atoms with van der Waals surface area (Å²) >= 11 is 0. The van der Waals surface area contributed by atoms with E-state index in [9.17, 15) is 5.11 Å². The van der Waals surface area contributed by atoms with Crippen molar-refractivity contribution in [3.05, 3.63) is 35.9 Å². The zero-order chi connectivity index (χ0) is 25.6. The molecule has 4 aliphatic rings. The third kappa shape index (κ3) is 4.82. The Morgan fingerprint density at radius 2 is 1.61 bits per heavy atom. The molecular weight excluding hydrogens is 436 g/mol. The van der Waals surface area contributed by atoms with E-state index < -0.39 is 5.60 Å². The highest BCUT2D eigenvalue weighted by Crippen LogP contribution is 2.68. The molecule has 0 aliphatic heterocycles. The maximum atomic E-state index is 11.5. The zero-order valence-electron chi connectivity index (χ0n) is 23.9. The van der Waals surface area contributed by atoms with Crippen molar-refractivity contribution in [3.63, 3.8) is 0 Å². The van der Waals surface area contributed by atoms with Crippen LogP contribution in [0.1, 0.15) is 117 Å². The van der Waals surface area contributed by atoms with Gasteiger partial charge in [-0.05, 0) is 122 Å². The highest BCUT2D eigenvalue weighted by molar-refractivity contribution is 5.36. The number of fused-ring (bicyclic) bond motifs is 5. The summed E-state index contributed by atoms with van der Waals surface area (Å²) in [5, 5.41) is 11.5. The lowest BCUT2D eigenvalue weighted by atomic mass is 9.43. The van der Waals surface area contributed by atoms with Gasteiger partial charge in [0.1, 0.15) is 5.60 Å². The van der Waals surface area contributed by atoms with Gasteiger partial charge in [0.15, 0.2) is 0 Å². The van der Waals surface area contributed by atoms with Gasteiger partial charge in [-0.15, -0.1) is 0 Å². The molecular formula is C35H52O. The number of hydrogen-bond donors (Lipinski definition) is 1. The van der Waals surface area contributed by atoms with Gasteiger partial charge in [0.25, 0.3) is 0 Å². The molecule has 198 valence electrons. The SMILES string of the molecule is CC(C)CCC[C@@H](C)[C@H]1CC[C@H]2[C@@H]3CC[C@@H]4C[C@@](O)(C#Cc5ccccc5)CC[C@]4(C)[C@H]3CC[C@]12C. The Bertz CT molecular complexity index is 954. The minimum Gasteiger partial charge on any atom is -0.378 e. The summed E-state index contributed by atoms with van der Waals surface area (Å²) in [4.78, 5) is 0. The largest absolute Gasteiger partial charge is 0.378 e. The van der Waals surface area contributed by atoms with Crippen molar-refractivity contribution in [3.8, 4) is 11.8 Å². The van der Waals surface area contributed by atoms with Gasteiger partial charge in [-0.1, -0.05) is 83.9 Å². The summed E-state index contributed by atoms with van der Waals surface area (Å²) in [7, 11) is 0. The number of hydrogen-bond acceptors (Lipinski definition) is 1. The van der Waals surface area contributed by atoms with E-state index in [1.54, 1.807) is 0 Å². The Morgan fingerprint density at radius 3 is 2.36 bits per heavy atom. The predicted octanol–water partition coefficient (Wildman–Crippen LogP) is 8.89. The van der Waals surface area contributed by atoms with Crippen molar-refractivity contribution in [1.29, 1.82) is 0 Å². The Labute approximate surface area is 222 Å². The molecule has 9 atom stereocenters. The van der Waals surface area contributed by atoms with Crippen LogP contribution in [-0.4, -0.2) is 10.7 Å². The predicted molar refractivity (Wildman–Crippen MR) is 151 cm³/mol. The van der Waals surface area contributed by atoms with Gasteiger partial charge < -0.3 is 5.11 Å². The number of benzene rings is 1. The zero-order valence-corrected chi connectivity index (χ0v) is 23.9. The van der Waals surface area contributed by atoms with Gasteiger partial charge in [-0.2, -0.15) is 0 Å². The molecule has 0 bridgehead atoms. The molecule has 0 unspecified atom stereocenters. The monoisotopic (exact) mass is 488 g/mol. The topological polar surface area (TPSA) is 20.2 Å². The quantitative estimate of drug-likeness (QED) is 0.410. The smallest absolute Gasteiger partial charge is 0.126 e. The second kappa shape index (κ2) is 10.1. The van der Waals surface area contributed by atoms with Crippen molar-refractivity contribution in [2.45, 2.75) is 117 Å². The maximum absolute atomic E-state index is 11.5. The molecule has 5 rings (SSSR count). The van der Waals surface area contributed by atoms with Crippen LogP contribution in [0.2, 0.25) is 0 Å². The molecule has 1 aromatic rings. The van der Waals surface area contributed by atoms with Crippen molar-refractivity contribution < 1.29 is 5.11 Å². The van der Waals surface area contributed by atoms with Crippen molar-refractivity contribution in [1.82, 2.24) is 0 Å². The minimum atomic E-state index is -0.806. The normalized spacial score (nSPS) is 42.6. The highest BCUT2D eigenvalue weighted by atomic mass is 16.3. The molecule has 36 heavy (non-hydrogen) atoms. The lowest BCUT2D eigenvalue weighted by Gasteiger charge is -2.62. The molecule has 1 N–H and O–H groups in total. The van der Waals surface area contributed by atoms with Gasteiger partial charge in [0, 0.05) is 5.56 Å². The fourth-order valence-electron chi connectivity index (χ4n) is 10.1. The first-order valence-corrected chi connectivity index (χ1v) is 15.5. The Balaban J connectivity index is 1.27. The minimum absolute atomic E-state index is 0.395. The molecule has 0 amide bonds. The van der Waals surface area contributed by atoms with Crippen LogP contribution in [0, 0.1) is 64.1 Å². The van der Waals surface area contributed by atoms with Gasteiger partial charge in [0.05, 0.1) is 0 Å². The molecule has 0 spiro atoms. The number of aliphatic hydroxyl groups is 1. The number of rotatable bonds is 5. The average molecular weight is 489 g/mol. The molecule has 0 aromatic heterocycles. The van der Waals surface area contributed by atoms with Gasteiger partial charge in [-0.25, -0.2) is 0 Å². The van der Waals surface area contributed by atoms with E-state index in [0.29, 0.717) is 16.7 Å². The molecule has 1 nitrogen and oxygen atoms in total. The summed E-state index contributed by atoms with van der Waals surface area (Å²) in [5.74, 6) is 12.6. The van der Waals surface area contributed by atoms with Gasteiger partial charge in [0.2, 0.25) is 0 Å². The van der Waals surface area contributed by atoms with Gasteiger partial charge in [-0.3, -0.25) is 0 Å². The van der Waals surface area contributed by atoms with E-state index in [1.807, 2.05) is 30.3 Å². The van der Waals surface area contributed by atoms with Crippen LogP contribution in [0.15, 0.2) is 30.3 Å². The van der Waals surface area contributed by atoms with Crippen LogP contribution in [0.5, 0.6) is 0 Å². The first kappa shape index (κ1) is 26.4. The van der Waals surface area contributed by atoms with Crippen LogP contribution in [-0.2, 0) is 0 Å². The van der Waals surface area contributed by atoms with Crippen LogP contribution >= 0.6 is 0 Å². The lowest BCUT2D eigenvalue weighted by Crippen LogP contribution is -2.55. The Kier molecular flexibility index (Phi) is 7.42. The van der Waals surface area contributed by atoms with Crippen LogP contribution in [0.4, 0.5) is 0 Å². The van der Waals surface area contributed by atoms with Crippen LogP contribution in [0.25, 0.3) is 0 Å². The van der Waals surface area contributed by atoms with E-state index in [-0.39, 0.29) is 0 Å². The average Bonchev–Trinajstić information content (AvgIpc) is 3.21. The second-order valence-corrected chi connectivity index (χ2v) is 14.5. The van der Waals surface area contributed by atoms with Gasteiger partial charge >= 0.3 is 0 Å². The molecule has 0 radical (unpaired) electrons. The van der Waals surface area contributed by atoms with E-state index >= 15 is 0 Å².